The van der Waals surface area contributed by atoms with E-state index in [1.807, 2.05) is 0 Å². The maximum atomic E-state index is 5.38. The van der Waals surface area contributed by atoms with Crippen LogP contribution in [0.4, 0.5) is 0 Å². The first-order chi connectivity index (χ1) is 5.58. The predicted molar refractivity (Wildman–Crippen MR) is 51.3 cm³/mol. The van der Waals surface area contributed by atoms with Crippen LogP contribution in [0.15, 0.2) is 0 Å². The second-order valence-corrected chi connectivity index (χ2v) is 4.83. The molecule has 0 amide bonds. The summed E-state index contributed by atoms with van der Waals surface area (Å²) in [7, 11) is 0. The van der Waals surface area contributed by atoms with Crippen LogP contribution in [0.1, 0.15) is 33.6 Å². The van der Waals surface area contributed by atoms with Gasteiger partial charge in [-0.15, -0.1) is 0 Å². The predicted octanol–water partition coefficient (Wildman–Crippen LogP) is 1.80. The molecule has 0 bridgehead atoms. The van der Waals surface area contributed by atoms with Crippen LogP contribution in [0.5, 0.6) is 0 Å². The van der Waals surface area contributed by atoms with Gasteiger partial charge in [0.15, 0.2) is 0 Å². The monoisotopic (exact) mass is 171 g/mol. The summed E-state index contributed by atoms with van der Waals surface area (Å²) in [6, 6.07) is 0.595. The smallest absolute Gasteiger partial charge is 0.0620 e. The molecular formula is C10H21NO. The fourth-order valence-corrected chi connectivity index (χ4v) is 1.41. The van der Waals surface area contributed by atoms with Crippen molar-refractivity contribution in [3.8, 4) is 0 Å². The number of nitrogens with one attached hydrogen (secondary N) is 1. The molecule has 1 N–H and O–H groups in total. The van der Waals surface area contributed by atoms with E-state index in [1.54, 1.807) is 0 Å². The van der Waals surface area contributed by atoms with Gasteiger partial charge in [0.2, 0.25) is 0 Å². The number of hydrogen-bond donors (Lipinski definition) is 1. The van der Waals surface area contributed by atoms with Crippen molar-refractivity contribution in [2.75, 3.05) is 19.8 Å². The molecular weight excluding hydrogens is 150 g/mol. The summed E-state index contributed by atoms with van der Waals surface area (Å²) in [6.07, 6.45) is 2.51. The van der Waals surface area contributed by atoms with Crippen molar-refractivity contribution in [3.05, 3.63) is 0 Å². The summed E-state index contributed by atoms with van der Waals surface area (Å²) < 4.78 is 5.38. The van der Waals surface area contributed by atoms with E-state index in [0.717, 1.165) is 19.8 Å². The van der Waals surface area contributed by atoms with Gasteiger partial charge in [-0.05, 0) is 18.3 Å². The fraction of sp³-hybridized carbons (Fsp3) is 1.00. The molecule has 1 saturated heterocycles. The molecule has 12 heavy (non-hydrogen) atoms. The van der Waals surface area contributed by atoms with Crippen molar-refractivity contribution in [1.29, 1.82) is 0 Å². The van der Waals surface area contributed by atoms with Gasteiger partial charge in [-0.2, -0.15) is 0 Å². The molecule has 1 aliphatic heterocycles. The third-order valence-corrected chi connectivity index (χ3v) is 2.24. The van der Waals surface area contributed by atoms with Gasteiger partial charge in [0, 0.05) is 12.6 Å². The minimum Gasteiger partial charge on any atom is -0.379 e. The standard InChI is InChI=1S/C10H21NO/c1-10(2,3)5-4-9-8-12-7-6-11-9/h9,11H,4-8H2,1-3H3. The van der Waals surface area contributed by atoms with Gasteiger partial charge in [0.1, 0.15) is 0 Å². The molecule has 0 spiro atoms. The van der Waals surface area contributed by atoms with Crippen LogP contribution < -0.4 is 5.32 Å². The Morgan fingerprint density at radius 2 is 2.17 bits per heavy atom. The third kappa shape index (κ3) is 4.07. The average molecular weight is 171 g/mol. The van der Waals surface area contributed by atoms with Crippen LogP contribution in [0.2, 0.25) is 0 Å². The maximum Gasteiger partial charge on any atom is 0.0620 e. The zero-order valence-corrected chi connectivity index (χ0v) is 8.52. The summed E-state index contributed by atoms with van der Waals surface area (Å²) in [5.41, 5.74) is 0.457. The first-order valence-electron chi connectivity index (χ1n) is 4.89. The molecule has 1 aliphatic rings. The minimum atomic E-state index is 0.457. The van der Waals surface area contributed by atoms with Gasteiger partial charge in [-0.1, -0.05) is 20.8 Å². The quantitative estimate of drug-likeness (QED) is 0.684. The topological polar surface area (TPSA) is 21.3 Å². The average Bonchev–Trinajstić information content (AvgIpc) is 2.02. The van der Waals surface area contributed by atoms with E-state index < -0.39 is 0 Å². The highest BCUT2D eigenvalue weighted by Gasteiger charge is 2.16. The number of rotatable bonds is 2. The van der Waals surface area contributed by atoms with Gasteiger partial charge < -0.3 is 10.1 Å². The zero-order valence-electron chi connectivity index (χ0n) is 8.52. The minimum absolute atomic E-state index is 0.457. The Morgan fingerprint density at radius 3 is 2.67 bits per heavy atom. The van der Waals surface area contributed by atoms with Crippen molar-refractivity contribution in [3.63, 3.8) is 0 Å². The van der Waals surface area contributed by atoms with E-state index in [-0.39, 0.29) is 0 Å². The Labute approximate surface area is 75.7 Å². The van der Waals surface area contributed by atoms with E-state index >= 15 is 0 Å². The molecule has 1 fully saturated rings. The van der Waals surface area contributed by atoms with Crippen LogP contribution in [0.25, 0.3) is 0 Å². The number of morpholine rings is 1. The molecule has 0 aromatic heterocycles. The van der Waals surface area contributed by atoms with Gasteiger partial charge in [0.05, 0.1) is 13.2 Å². The maximum absolute atomic E-state index is 5.38. The second kappa shape index (κ2) is 4.24. The van der Waals surface area contributed by atoms with Crippen LogP contribution in [-0.2, 0) is 4.74 Å². The van der Waals surface area contributed by atoms with E-state index in [2.05, 4.69) is 26.1 Å². The summed E-state index contributed by atoms with van der Waals surface area (Å²) in [6.45, 7) is 9.67. The third-order valence-electron chi connectivity index (χ3n) is 2.24. The van der Waals surface area contributed by atoms with Crippen LogP contribution in [0.3, 0.4) is 0 Å². The zero-order chi connectivity index (χ0) is 9.03. The number of hydrogen-bond acceptors (Lipinski definition) is 2. The molecule has 1 rings (SSSR count). The summed E-state index contributed by atoms with van der Waals surface area (Å²) in [4.78, 5) is 0. The van der Waals surface area contributed by atoms with Crippen LogP contribution in [0, 0.1) is 5.41 Å². The van der Waals surface area contributed by atoms with Crippen molar-refractivity contribution < 1.29 is 4.74 Å². The lowest BCUT2D eigenvalue weighted by molar-refractivity contribution is 0.0703. The molecule has 72 valence electrons. The summed E-state index contributed by atoms with van der Waals surface area (Å²) in [5, 5.41) is 3.47. The van der Waals surface area contributed by atoms with E-state index in [0.29, 0.717) is 11.5 Å². The Balaban J connectivity index is 2.13. The lowest BCUT2D eigenvalue weighted by Gasteiger charge is -2.27. The van der Waals surface area contributed by atoms with E-state index in [1.165, 1.54) is 12.8 Å². The van der Waals surface area contributed by atoms with Crippen molar-refractivity contribution in [2.45, 2.75) is 39.7 Å². The van der Waals surface area contributed by atoms with Gasteiger partial charge >= 0.3 is 0 Å². The summed E-state index contributed by atoms with van der Waals surface area (Å²) >= 11 is 0. The highest BCUT2D eigenvalue weighted by molar-refractivity contribution is 4.73. The lowest BCUT2D eigenvalue weighted by atomic mass is 9.89. The largest absolute Gasteiger partial charge is 0.379 e. The van der Waals surface area contributed by atoms with Gasteiger partial charge in [-0.25, -0.2) is 0 Å². The van der Waals surface area contributed by atoms with Crippen LogP contribution in [-0.4, -0.2) is 25.8 Å². The van der Waals surface area contributed by atoms with Gasteiger partial charge in [-0.3, -0.25) is 0 Å². The molecule has 2 nitrogen and oxygen atoms in total. The normalized spacial score (nSPS) is 25.8. The van der Waals surface area contributed by atoms with Crippen molar-refractivity contribution in [1.82, 2.24) is 5.32 Å². The van der Waals surface area contributed by atoms with Gasteiger partial charge in [0.25, 0.3) is 0 Å². The highest BCUT2D eigenvalue weighted by Crippen LogP contribution is 2.21. The second-order valence-electron chi connectivity index (χ2n) is 4.83. The van der Waals surface area contributed by atoms with Crippen LogP contribution >= 0.6 is 0 Å². The fourth-order valence-electron chi connectivity index (χ4n) is 1.41. The SMILES string of the molecule is CC(C)(C)CCC1COCCN1. The number of ether oxygens (including phenoxy) is 1. The molecule has 0 aliphatic carbocycles. The lowest BCUT2D eigenvalue weighted by Crippen LogP contribution is -2.41. The van der Waals surface area contributed by atoms with E-state index in [9.17, 15) is 0 Å². The molecule has 0 saturated carbocycles. The molecule has 0 radical (unpaired) electrons. The van der Waals surface area contributed by atoms with E-state index in [4.69, 9.17) is 4.74 Å². The Hall–Kier alpha value is -0.0800. The molecule has 1 heterocycles. The first kappa shape index (κ1) is 10.0. The van der Waals surface area contributed by atoms with Crippen molar-refractivity contribution >= 4 is 0 Å². The summed E-state index contributed by atoms with van der Waals surface area (Å²) in [5.74, 6) is 0. The molecule has 0 aromatic rings. The Bertz CT molecular complexity index is 122. The molecule has 1 atom stereocenters. The first-order valence-corrected chi connectivity index (χ1v) is 4.89. The van der Waals surface area contributed by atoms with Crippen molar-refractivity contribution in [2.24, 2.45) is 5.41 Å². The highest BCUT2D eigenvalue weighted by atomic mass is 16.5. The molecule has 0 aromatic carbocycles. The Morgan fingerprint density at radius 1 is 1.42 bits per heavy atom. The molecule has 1 unspecified atom stereocenters. The molecule has 2 heteroatoms. The Kier molecular flexibility index (Phi) is 3.53.